The van der Waals surface area contributed by atoms with Gasteiger partial charge in [0, 0.05) is 5.88 Å². The largest absolute Gasteiger partial charge is 0.451 e. The maximum Gasteiger partial charge on any atom is 0.432 e. The molecule has 0 spiro atoms. The third kappa shape index (κ3) is 2.63. The summed E-state index contributed by atoms with van der Waals surface area (Å²) < 4.78 is 4.19. The van der Waals surface area contributed by atoms with Crippen LogP contribution < -0.4 is 0 Å². The van der Waals surface area contributed by atoms with Crippen molar-refractivity contribution >= 4 is 17.7 Å². The Morgan fingerprint density at radius 3 is 2.70 bits per heavy atom. The van der Waals surface area contributed by atoms with Gasteiger partial charge in [0.2, 0.25) is 0 Å². The van der Waals surface area contributed by atoms with Crippen molar-refractivity contribution in [2.24, 2.45) is 5.29 Å². The first-order chi connectivity index (χ1) is 4.76. The first kappa shape index (κ1) is 9.16. The van der Waals surface area contributed by atoms with E-state index in [1.807, 2.05) is 0 Å². The maximum absolute atomic E-state index is 10.5. The van der Waals surface area contributed by atoms with Gasteiger partial charge in [-0.2, -0.15) is 5.01 Å². The minimum absolute atomic E-state index is 0.0672. The Balaban J connectivity index is 3.80. The van der Waals surface area contributed by atoms with Gasteiger partial charge >= 0.3 is 6.09 Å². The molecule has 0 rings (SSSR count). The van der Waals surface area contributed by atoms with E-state index < -0.39 is 6.09 Å². The van der Waals surface area contributed by atoms with Crippen LogP contribution in [0.15, 0.2) is 5.29 Å². The number of methoxy groups -OCH3 is 1. The van der Waals surface area contributed by atoms with Gasteiger partial charge in [0.1, 0.15) is 0 Å². The highest BCUT2D eigenvalue weighted by Crippen LogP contribution is 1.93. The normalized spacial score (nSPS) is 8.60. The van der Waals surface area contributed by atoms with E-state index in [9.17, 15) is 9.70 Å². The summed E-state index contributed by atoms with van der Waals surface area (Å²) in [6.45, 7) is 0.0672. The van der Waals surface area contributed by atoms with Crippen molar-refractivity contribution in [1.82, 2.24) is 5.01 Å². The first-order valence-electron chi connectivity index (χ1n) is 2.51. The molecule has 5 nitrogen and oxygen atoms in total. The number of ether oxygens (including phenoxy) is 1. The standard InChI is InChI=1S/C4H7ClN2O3/c1-10-4(8)7(6-9)3-2-5/h2-3H2,1H3. The molecule has 0 aliphatic heterocycles. The quantitative estimate of drug-likeness (QED) is 0.357. The van der Waals surface area contributed by atoms with Crippen LogP contribution in [-0.2, 0) is 4.74 Å². The lowest BCUT2D eigenvalue weighted by atomic mass is 10.7. The number of halogens is 1. The summed E-state index contributed by atoms with van der Waals surface area (Å²) in [7, 11) is 1.16. The average molecular weight is 167 g/mol. The molecule has 10 heavy (non-hydrogen) atoms. The van der Waals surface area contributed by atoms with Crippen LogP contribution in [0.4, 0.5) is 4.79 Å². The highest BCUT2D eigenvalue weighted by molar-refractivity contribution is 6.18. The number of amides is 1. The topological polar surface area (TPSA) is 59.0 Å². The summed E-state index contributed by atoms with van der Waals surface area (Å²) in [5.74, 6) is 0.154. The third-order valence-corrected chi connectivity index (χ3v) is 0.949. The van der Waals surface area contributed by atoms with Crippen LogP contribution in [0.3, 0.4) is 0 Å². The van der Waals surface area contributed by atoms with Gasteiger partial charge in [-0.15, -0.1) is 16.5 Å². The number of hydrogen-bond donors (Lipinski definition) is 0. The molecule has 0 heterocycles. The zero-order chi connectivity index (χ0) is 7.98. The first-order valence-corrected chi connectivity index (χ1v) is 3.04. The molecule has 0 aliphatic carbocycles. The average Bonchev–Trinajstić information content (AvgIpc) is 1.99. The van der Waals surface area contributed by atoms with Gasteiger partial charge in [-0.25, -0.2) is 4.79 Å². The summed E-state index contributed by atoms with van der Waals surface area (Å²) in [5, 5.41) is 2.98. The molecule has 0 fully saturated rings. The van der Waals surface area contributed by atoms with E-state index in [2.05, 4.69) is 10.0 Å². The number of nitroso groups, excluding NO2 is 1. The molecule has 0 N–H and O–H groups in total. The summed E-state index contributed by atoms with van der Waals surface area (Å²) in [5.41, 5.74) is 0. The maximum atomic E-state index is 10.5. The van der Waals surface area contributed by atoms with Gasteiger partial charge in [0.15, 0.2) is 0 Å². The number of carbonyl (C=O) groups excluding carboxylic acids is 1. The molecule has 0 saturated carbocycles. The Morgan fingerprint density at radius 2 is 2.40 bits per heavy atom. The molecule has 1 amide bonds. The monoisotopic (exact) mass is 166 g/mol. The van der Waals surface area contributed by atoms with Crippen LogP contribution in [-0.4, -0.2) is 30.6 Å². The predicted molar refractivity (Wildman–Crippen MR) is 35.6 cm³/mol. The number of nitrogens with zero attached hydrogens (tertiary/aromatic N) is 2. The highest BCUT2D eigenvalue weighted by atomic mass is 35.5. The van der Waals surface area contributed by atoms with Crippen molar-refractivity contribution in [3.8, 4) is 0 Å². The highest BCUT2D eigenvalue weighted by Gasteiger charge is 2.11. The lowest BCUT2D eigenvalue weighted by Crippen LogP contribution is -2.26. The van der Waals surface area contributed by atoms with E-state index in [-0.39, 0.29) is 12.4 Å². The Hall–Kier alpha value is -0.840. The number of carbonyl (C=O) groups is 1. The summed E-state index contributed by atoms with van der Waals surface area (Å²) in [6, 6.07) is 0. The Morgan fingerprint density at radius 1 is 1.80 bits per heavy atom. The third-order valence-electron chi connectivity index (χ3n) is 0.780. The molecule has 0 radical (unpaired) electrons. The van der Waals surface area contributed by atoms with E-state index in [4.69, 9.17) is 11.6 Å². The number of hydrogen-bond acceptors (Lipinski definition) is 4. The molecular formula is C4H7ClN2O3. The molecule has 6 heteroatoms. The lowest BCUT2D eigenvalue weighted by molar-refractivity contribution is 0.127. The van der Waals surface area contributed by atoms with E-state index in [1.165, 1.54) is 0 Å². The Bertz CT molecular complexity index is 130. The molecule has 0 aromatic carbocycles. The fraction of sp³-hybridized carbons (Fsp3) is 0.750. The molecule has 0 aromatic heterocycles. The van der Waals surface area contributed by atoms with Crippen LogP contribution in [0, 0.1) is 4.91 Å². The van der Waals surface area contributed by atoms with Crippen molar-refractivity contribution in [1.29, 1.82) is 0 Å². The van der Waals surface area contributed by atoms with E-state index in [1.54, 1.807) is 0 Å². The molecule has 0 unspecified atom stereocenters. The van der Waals surface area contributed by atoms with Gasteiger partial charge in [0.05, 0.1) is 18.9 Å². The second-order valence-electron chi connectivity index (χ2n) is 1.36. The Labute approximate surface area is 62.8 Å². The predicted octanol–water partition coefficient (Wildman–Crippen LogP) is 0.975. The Kier molecular flexibility index (Phi) is 4.57. The zero-order valence-electron chi connectivity index (χ0n) is 5.41. The number of alkyl halides is 1. The summed E-state index contributed by atoms with van der Waals surface area (Å²) in [6.07, 6.45) is -0.796. The van der Waals surface area contributed by atoms with Crippen LogP contribution in [0.5, 0.6) is 0 Å². The van der Waals surface area contributed by atoms with Crippen LogP contribution >= 0.6 is 11.6 Å². The smallest absolute Gasteiger partial charge is 0.432 e. The lowest BCUT2D eigenvalue weighted by Gasteiger charge is -2.08. The van der Waals surface area contributed by atoms with E-state index >= 15 is 0 Å². The van der Waals surface area contributed by atoms with Gasteiger partial charge in [-0.3, -0.25) is 0 Å². The van der Waals surface area contributed by atoms with Gasteiger partial charge in [-0.1, -0.05) is 0 Å². The summed E-state index contributed by atoms with van der Waals surface area (Å²) >= 11 is 5.23. The van der Waals surface area contributed by atoms with Gasteiger partial charge in [0.25, 0.3) is 0 Å². The minimum Gasteiger partial charge on any atom is -0.451 e. The van der Waals surface area contributed by atoms with Crippen LogP contribution in [0.1, 0.15) is 0 Å². The van der Waals surface area contributed by atoms with Crippen molar-refractivity contribution in [2.45, 2.75) is 0 Å². The van der Waals surface area contributed by atoms with E-state index in [0.717, 1.165) is 7.11 Å². The molecular weight excluding hydrogens is 160 g/mol. The molecule has 0 aliphatic rings. The van der Waals surface area contributed by atoms with Crippen molar-refractivity contribution in [2.75, 3.05) is 19.5 Å². The zero-order valence-corrected chi connectivity index (χ0v) is 6.17. The molecule has 0 aromatic rings. The van der Waals surface area contributed by atoms with Crippen molar-refractivity contribution < 1.29 is 9.53 Å². The molecule has 0 saturated heterocycles. The van der Waals surface area contributed by atoms with Crippen LogP contribution in [0.25, 0.3) is 0 Å². The molecule has 58 valence electrons. The van der Waals surface area contributed by atoms with Crippen molar-refractivity contribution in [3.05, 3.63) is 4.91 Å². The van der Waals surface area contributed by atoms with E-state index in [0.29, 0.717) is 5.01 Å². The second-order valence-corrected chi connectivity index (χ2v) is 1.74. The van der Waals surface area contributed by atoms with Crippen LogP contribution in [0.2, 0.25) is 0 Å². The fourth-order valence-electron chi connectivity index (χ4n) is 0.351. The van der Waals surface area contributed by atoms with Crippen molar-refractivity contribution in [3.63, 3.8) is 0 Å². The molecule has 0 bridgehead atoms. The fourth-order valence-corrected chi connectivity index (χ4v) is 0.511. The SMILES string of the molecule is COC(=O)N(CCCl)N=O. The van der Waals surface area contributed by atoms with Gasteiger partial charge in [-0.05, 0) is 0 Å². The minimum atomic E-state index is -0.796. The number of rotatable bonds is 3. The summed E-state index contributed by atoms with van der Waals surface area (Å²) in [4.78, 5) is 20.3. The second kappa shape index (κ2) is 4.99. The van der Waals surface area contributed by atoms with Gasteiger partial charge < -0.3 is 4.74 Å². The molecule has 0 atom stereocenters.